The Labute approximate surface area is 148 Å². The SMILES string of the molecule is Cc1ccsc1C1CC(=O)OC2NNC(c3cccc([N+](=O)[O-])c3)C21. The number of benzene rings is 1. The normalized spacial score (nSPS) is 28.4. The van der Waals surface area contributed by atoms with Crippen LogP contribution in [0.2, 0.25) is 0 Å². The highest BCUT2D eigenvalue weighted by molar-refractivity contribution is 7.10. The third kappa shape index (κ3) is 2.82. The van der Waals surface area contributed by atoms with Gasteiger partial charge in [-0.05, 0) is 29.5 Å². The first-order valence-corrected chi connectivity index (χ1v) is 8.91. The molecule has 0 bridgehead atoms. The minimum Gasteiger partial charge on any atom is -0.445 e. The second kappa shape index (κ2) is 6.21. The van der Waals surface area contributed by atoms with Crippen molar-refractivity contribution in [3.8, 4) is 0 Å². The number of nitrogens with zero attached hydrogens (tertiary/aromatic N) is 1. The van der Waals surface area contributed by atoms with Gasteiger partial charge < -0.3 is 4.74 Å². The van der Waals surface area contributed by atoms with Crippen molar-refractivity contribution >= 4 is 23.0 Å². The summed E-state index contributed by atoms with van der Waals surface area (Å²) in [5.41, 5.74) is 8.23. The number of hydrogen-bond donors (Lipinski definition) is 2. The quantitative estimate of drug-likeness (QED) is 0.497. The first kappa shape index (κ1) is 16.2. The maximum absolute atomic E-state index is 12.0. The van der Waals surface area contributed by atoms with Crippen molar-refractivity contribution in [1.82, 2.24) is 10.9 Å². The second-order valence-electron chi connectivity index (χ2n) is 6.38. The predicted octanol–water partition coefficient (Wildman–Crippen LogP) is 2.79. The number of thiophene rings is 1. The van der Waals surface area contributed by atoms with Crippen molar-refractivity contribution in [3.05, 3.63) is 61.8 Å². The number of carbonyl (C=O) groups excluding carboxylic acids is 1. The van der Waals surface area contributed by atoms with Gasteiger partial charge in [-0.25, -0.2) is 10.9 Å². The van der Waals surface area contributed by atoms with Gasteiger partial charge in [0.05, 0.1) is 17.4 Å². The molecule has 8 heteroatoms. The molecule has 4 atom stereocenters. The average Bonchev–Trinajstić information content (AvgIpc) is 3.20. The zero-order valence-electron chi connectivity index (χ0n) is 13.5. The van der Waals surface area contributed by atoms with Crippen molar-refractivity contribution in [3.63, 3.8) is 0 Å². The summed E-state index contributed by atoms with van der Waals surface area (Å²) in [6, 6.07) is 8.48. The number of esters is 1. The number of carbonyl (C=O) groups is 1. The standard InChI is InChI=1S/C17H17N3O4S/c1-9-5-6-25-16(9)12-8-13(21)24-17-14(12)15(18-19-17)10-3-2-4-11(7-10)20(22)23/h2-7,12,14-15,17-19H,8H2,1H3. The van der Waals surface area contributed by atoms with E-state index in [1.165, 1.54) is 10.9 Å². The first-order chi connectivity index (χ1) is 12.0. The van der Waals surface area contributed by atoms with Crippen LogP contribution in [0.4, 0.5) is 5.69 Å². The molecule has 2 aliphatic rings. The van der Waals surface area contributed by atoms with Gasteiger partial charge in [-0.2, -0.15) is 0 Å². The van der Waals surface area contributed by atoms with Crippen LogP contribution in [0.25, 0.3) is 0 Å². The van der Waals surface area contributed by atoms with Crippen LogP contribution in [0.1, 0.15) is 34.4 Å². The minimum absolute atomic E-state index is 0.0120. The van der Waals surface area contributed by atoms with Crippen LogP contribution in [-0.4, -0.2) is 17.1 Å². The summed E-state index contributed by atoms with van der Waals surface area (Å²) >= 11 is 1.64. The van der Waals surface area contributed by atoms with E-state index >= 15 is 0 Å². The Morgan fingerprint density at radius 2 is 2.16 bits per heavy atom. The monoisotopic (exact) mass is 359 g/mol. The Balaban J connectivity index is 1.73. The summed E-state index contributed by atoms with van der Waals surface area (Å²) in [6.45, 7) is 2.04. The second-order valence-corrected chi connectivity index (χ2v) is 7.33. The van der Waals surface area contributed by atoms with Crippen LogP contribution in [0, 0.1) is 23.0 Å². The fourth-order valence-electron chi connectivity index (χ4n) is 3.77. The molecule has 7 nitrogen and oxygen atoms in total. The van der Waals surface area contributed by atoms with Crippen molar-refractivity contribution in [2.45, 2.75) is 31.5 Å². The van der Waals surface area contributed by atoms with Gasteiger partial charge in [-0.3, -0.25) is 14.9 Å². The summed E-state index contributed by atoms with van der Waals surface area (Å²) in [5.74, 6) is -0.247. The first-order valence-electron chi connectivity index (χ1n) is 8.03. The van der Waals surface area contributed by atoms with Crippen LogP contribution in [0.3, 0.4) is 0 Å². The van der Waals surface area contributed by atoms with Gasteiger partial charge in [-0.1, -0.05) is 12.1 Å². The molecule has 2 aliphatic heterocycles. The van der Waals surface area contributed by atoms with Gasteiger partial charge in [0.25, 0.3) is 5.69 Å². The van der Waals surface area contributed by atoms with Gasteiger partial charge in [0.15, 0.2) is 6.23 Å². The molecule has 3 heterocycles. The third-order valence-corrected chi connectivity index (χ3v) is 6.05. The molecule has 0 saturated carbocycles. The summed E-state index contributed by atoms with van der Waals surface area (Å²) in [6.07, 6.45) is -0.130. The number of nitro benzene ring substituents is 1. The maximum atomic E-state index is 12.0. The summed E-state index contributed by atoms with van der Waals surface area (Å²) in [5, 5.41) is 13.1. The van der Waals surface area contributed by atoms with E-state index in [0.717, 1.165) is 11.1 Å². The van der Waals surface area contributed by atoms with E-state index in [2.05, 4.69) is 10.9 Å². The van der Waals surface area contributed by atoms with E-state index < -0.39 is 11.2 Å². The van der Waals surface area contributed by atoms with Crippen molar-refractivity contribution in [1.29, 1.82) is 0 Å². The molecule has 2 aromatic rings. The number of rotatable bonds is 3. The molecule has 2 saturated heterocycles. The topological polar surface area (TPSA) is 93.5 Å². The van der Waals surface area contributed by atoms with Crippen molar-refractivity contribution in [2.75, 3.05) is 0 Å². The highest BCUT2D eigenvalue weighted by atomic mass is 32.1. The molecule has 4 rings (SSSR count). The molecule has 2 fully saturated rings. The number of hydrogen-bond acceptors (Lipinski definition) is 7. The number of non-ortho nitro benzene ring substituents is 1. The highest BCUT2D eigenvalue weighted by Gasteiger charge is 2.49. The summed E-state index contributed by atoms with van der Waals surface area (Å²) in [4.78, 5) is 23.9. The lowest BCUT2D eigenvalue weighted by molar-refractivity contribution is -0.384. The van der Waals surface area contributed by atoms with Crippen molar-refractivity contribution in [2.24, 2.45) is 5.92 Å². The Morgan fingerprint density at radius 3 is 2.88 bits per heavy atom. The molecule has 25 heavy (non-hydrogen) atoms. The molecule has 1 aromatic carbocycles. The van der Waals surface area contributed by atoms with E-state index in [0.29, 0.717) is 6.42 Å². The van der Waals surface area contributed by atoms with Gasteiger partial charge in [-0.15, -0.1) is 11.3 Å². The average molecular weight is 359 g/mol. The molecule has 0 aliphatic carbocycles. The highest BCUT2D eigenvalue weighted by Crippen LogP contribution is 2.47. The number of ether oxygens (including phenoxy) is 1. The molecule has 2 N–H and O–H groups in total. The third-order valence-electron chi connectivity index (χ3n) is 4.90. The fourth-order valence-corrected chi connectivity index (χ4v) is 4.85. The summed E-state index contributed by atoms with van der Waals surface area (Å²) in [7, 11) is 0. The lowest BCUT2D eigenvalue weighted by Crippen LogP contribution is -2.41. The fraction of sp³-hybridized carbons (Fsp3) is 0.353. The molecular weight excluding hydrogens is 342 g/mol. The van der Waals surface area contributed by atoms with Crippen LogP contribution in [0.15, 0.2) is 35.7 Å². The van der Waals surface area contributed by atoms with Crippen LogP contribution >= 0.6 is 11.3 Å². The molecule has 0 spiro atoms. The molecule has 4 unspecified atom stereocenters. The number of hydrazine groups is 1. The van der Waals surface area contributed by atoms with Gasteiger partial charge in [0, 0.05) is 28.8 Å². The van der Waals surface area contributed by atoms with Crippen LogP contribution in [-0.2, 0) is 9.53 Å². The molecular formula is C17H17N3O4S. The lowest BCUT2D eigenvalue weighted by atomic mass is 9.78. The zero-order valence-corrected chi connectivity index (χ0v) is 14.3. The number of nitro groups is 1. The van der Waals surface area contributed by atoms with Crippen LogP contribution in [0.5, 0.6) is 0 Å². The van der Waals surface area contributed by atoms with Crippen molar-refractivity contribution < 1.29 is 14.5 Å². The van der Waals surface area contributed by atoms with E-state index in [1.54, 1.807) is 23.5 Å². The number of nitrogens with one attached hydrogen (secondary N) is 2. The molecule has 0 amide bonds. The molecule has 0 radical (unpaired) electrons. The smallest absolute Gasteiger partial charge is 0.308 e. The zero-order chi connectivity index (χ0) is 17.6. The lowest BCUT2D eigenvalue weighted by Gasteiger charge is -2.34. The Kier molecular flexibility index (Phi) is 4.03. The summed E-state index contributed by atoms with van der Waals surface area (Å²) < 4.78 is 5.47. The number of fused-ring (bicyclic) bond motifs is 1. The van der Waals surface area contributed by atoms with E-state index in [-0.39, 0.29) is 29.5 Å². The predicted molar refractivity (Wildman–Crippen MR) is 91.9 cm³/mol. The molecule has 130 valence electrons. The van der Waals surface area contributed by atoms with Gasteiger partial charge in [0.2, 0.25) is 0 Å². The van der Waals surface area contributed by atoms with E-state index in [4.69, 9.17) is 4.74 Å². The molecule has 1 aromatic heterocycles. The Bertz CT molecular complexity index is 837. The van der Waals surface area contributed by atoms with E-state index in [1.807, 2.05) is 24.4 Å². The van der Waals surface area contributed by atoms with Gasteiger partial charge in [0.1, 0.15) is 0 Å². The van der Waals surface area contributed by atoms with Crippen LogP contribution < -0.4 is 10.9 Å². The largest absolute Gasteiger partial charge is 0.445 e. The Morgan fingerprint density at radius 1 is 1.32 bits per heavy atom. The Hall–Kier alpha value is -2.29. The minimum atomic E-state index is -0.447. The van der Waals surface area contributed by atoms with Gasteiger partial charge >= 0.3 is 5.97 Å². The maximum Gasteiger partial charge on any atom is 0.308 e. The number of aryl methyl sites for hydroxylation is 1. The van der Waals surface area contributed by atoms with E-state index in [9.17, 15) is 14.9 Å².